The van der Waals surface area contributed by atoms with Crippen molar-refractivity contribution in [2.75, 3.05) is 33.5 Å². The lowest BCUT2D eigenvalue weighted by molar-refractivity contribution is 0.0259. The molecule has 9 heteroatoms. The van der Waals surface area contributed by atoms with E-state index in [2.05, 4.69) is 0 Å². The second-order valence-corrected chi connectivity index (χ2v) is 5.70. The Morgan fingerprint density at radius 3 is 2.57 bits per heavy atom. The highest BCUT2D eigenvalue weighted by Crippen LogP contribution is 2.19. The number of methoxy groups -OCH3 is 1. The molecule has 120 valence electrons. The van der Waals surface area contributed by atoms with Gasteiger partial charge in [-0.05, 0) is 13.3 Å². The maximum Gasteiger partial charge on any atom is 0.374 e. The number of ether oxygens (including phenoxy) is 3. The van der Waals surface area contributed by atoms with Crippen LogP contribution in [0, 0.1) is 6.92 Å². The van der Waals surface area contributed by atoms with Crippen LogP contribution in [-0.4, -0.2) is 47.9 Å². The fourth-order valence-corrected chi connectivity index (χ4v) is 2.23. The Hall–Kier alpha value is -1.42. The molecular weight excluding hydrogens is 302 g/mol. The van der Waals surface area contributed by atoms with Gasteiger partial charge in [0.15, 0.2) is 0 Å². The molecule has 0 saturated carbocycles. The van der Waals surface area contributed by atoms with Gasteiger partial charge >= 0.3 is 5.97 Å². The summed E-state index contributed by atoms with van der Waals surface area (Å²) in [5, 5.41) is 4.98. The van der Waals surface area contributed by atoms with Crippen LogP contribution in [0.25, 0.3) is 0 Å². The molecule has 21 heavy (non-hydrogen) atoms. The van der Waals surface area contributed by atoms with Gasteiger partial charge in [-0.15, -0.1) is 0 Å². The molecule has 0 unspecified atom stereocenters. The first-order valence-electron chi connectivity index (χ1n) is 6.23. The largest absolute Gasteiger partial charge is 0.457 e. The number of sulfonamides is 1. The quantitative estimate of drug-likeness (QED) is 0.518. The van der Waals surface area contributed by atoms with Crippen LogP contribution in [0.5, 0.6) is 0 Å². The van der Waals surface area contributed by atoms with Crippen molar-refractivity contribution in [2.45, 2.75) is 18.2 Å². The first-order chi connectivity index (χ1) is 9.86. The van der Waals surface area contributed by atoms with E-state index in [4.69, 9.17) is 23.8 Å². The van der Waals surface area contributed by atoms with Crippen LogP contribution in [0.4, 0.5) is 0 Å². The summed E-state index contributed by atoms with van der Waals surface area (Å²) in [6.07, 6.45) is 0.750. The Bertz CT molecular complexity index is 564. The molecule has 8 nitrogen and oxygen atoms in total. The van der Waals surface area contributed by atoms with E-state index >= 15 is 0 Å². The van der Waals surface area contributed by atoms with Gasteiger partial charge in [-0.25, -0.2) is 18.4 Å². The molecule has 1 heterocycles. The summed E-state index contributed by atoms with van der Waals surface area (Å²) in [6.45, 7) is 2.77. The molecule has 0 saturated heterocycles. The van der Waals surface area contributed by atoms with Crippen LogP contribution < -0.4 is 5.14 Å². The van der Waals surface area contributed by atoms with Gasteiger partial charge in [-0.1, -0.05) is 0 Å². The van der Waals surface area contributed by atoms with Gasteiger partial charge in [0, 0.05) is 26.4 Å². The Morgan fingerprint density at radius 1 is 1.29 bits per heavy atom. The maximum absolute atomic E-state index is 11.6. The number of nitrogens with two attached hydrogens (primary N) is 1. The molecule has 0 aliphatic rings. The van der Waals surface area contributed by atoms with E-state index in [-0.39, 0.29) is 29.6 Å². The zero-order valence-electron chi connectivity index (χ0n) is 12.0. The number of rotatable bonds is 9. The number of esters is 1. The van der Waals surface area contributed by atoms with Gasteiger partial charge in [0.2, 0.25) is 15.8 Å². The van der Waals surface area contributed by atoms with E-state index < -0.39 is 16.0 Å². The van der Waals surface area contributed by atoms with Crippen LogP contribution in [0.2, 0.25) is 0 Å². The Kier molecular flexibility index (Phi) is 6.82. The van der Waals surface area contributed by atoms with Crippen LogP contribution >= 0.6 is 0 Å². The molecule has 0 aliphatic carbocycles. The molecule has 1 rings (SSSR count). The second-order valence-electron chi connectivity index (χ2n) is 4.17. The molecule has 0 bridgehead atoms. The summed E-state index contributed by atoms with van der Waals surface area (Å²) in [5.41, 5.74) is 0. The number of primary sulfonamides is 1. The zero-order valence-corrected chi connectivity index (χ0v) is 12.8. The average Bonchev–Trinajstić information content (AvgIpc) is 2.79. The minimum Gasteiger partial charge on any atom is -0.457 e. The summed E-state index contributed by atoms with van der Waals surface area (Å²) >= 11 is 0. The summed E-state index contributed by atoms with van der Waals surface area (Å²) in [6, 6.07) is 1.05. The number of furan rings is 1. The van der Waals surface area contributed by atoms with Crippen molar-refractivity contribution in [1.29, 1.82) is 0 Å². The van der Waals surface area contributed by atoms with Crippen molar-refractivity contribution >= 4 is 16.0 Å². The van der Waals surface area contributed by atoms with Gasteiger partial charge in [0.05, 0.1) is 6.61 Å². The summed E-state index contributed by atoms with van der Waals surface area (Å²) < 4.78 is 42.4. The predicted octanol–water partition coefficient (Wildman–Crippen LogP) is 0.445. The minimum atomic E-state index is -3.92. The first-order valence-corrected chi connectivity index (χ1v) is 7.78. The molecule has 2 N–H and O–H groups in total. The molecule has 0 aliphatic heterocycles. The van der Waals surface area contributed by atoms with Crippen LogP contribution in [0.1, 0.15) is 22.7 Å². The number of carbonyl (C=O) groups excluding carboxylic acids is 1. The molecule has 0 fully saturated rings. The first kappa shape index (κ1) is 17.6. The Morgan fingerprint density at radius 2 is 2.00 bits per heavy atom. The second kappa shape index (κ2) is 8.13. The average molecular weight is 321 g/mol. The van der Waals surface area contributed by atoms with E-state index in [0.29, 0.717) is 13.2 Å². The third-order valence-corrected chi connectivity index (χ3v) is 3.50. The van der Waals surface area contributed by atoms with Crippen molar-refractivity contribution < 1.29 is 31.8 Å². The highest BCUT2D eigenvalue weighted by molar-refractivity contribution is 7.89. The third kappa shape index (κ3) is 5.84. The topological polar surface area (TPSA) is 118 Å². The molecule has 0 amide bonds. The molecule has 0 atom stereocenters. The van der Waals surface area contributed by atoms with Crippen molar-refractivity contribution in [1.82, 2.24) is 0 Å². The van der Waals surface area contributed by atoms with Gasteiger partial charge in [0.25, 0.3) is 0 Å². The molecular formula is C12H19NO7S. The Labute approximate surface area is 123 Å². The van der Waals surface area contributed by atoms with E-state index in [1.54, 1.807) is 7.11 Å². The van der Waals surface area contributed by atoms with Crippen LogP contribution in [0.15, 0.2) is 15.4 Å². The molecule has 1 aromatic heterocycles. The number of hydrogen-bond donors (Lipinski definition) is 1. The van der Waals surface area contributed by atoms with Crippen molar-refractivity contribution in [3.8, 4) is 0 Å². The van der Waals surface area contributed by atoms with Crippen molar-refractivity contribution in [3.05, 3.63) is 17.6 Å². The number of carbonyl (C=O) groups is 1. The monoisotopic (exact) mass is 321 g/mol. The van der Waals surface area contributed by atoms with Crippen LogP contribution in [0.3, 0.4) is 0 Å². The molecule has 0 aromatic carbocycles. The highest BCUT2D eigenvalue weighted by atomic mass is 32.2. The van der Waals surface area contributed by atoms with Gasteiger partial charge in [0.1, 0.15) is 17.3 Å². The fourth-order valence-electron chi connectivity index (χ4n) is 1.52. The summed E-state index contributed by atoms with van der Waals surface area (Å²) in [4.78, 5) is 11.4. The van der Waals surface area contributed by atoms with E-state index in [1.165, 1.54) is 6.92 Å². The maximum atomic E-state index is 11.6. The number of aryl methyl sites for hydroxylation is 1. The minimum absolute atomic E-state index is 0.0380. The lowest BCUT2D eigenvalue weighted by atomic mass is 10.4. The number of hydrogen-bond acceptors (Lipinski definition) is 7. The standard InChI is InChI=1S/C12H19NO7S/c1-9-11(21(13,15)16)8-10(20-9)12(14)19-7-6-18-5-3-4-17-2/h8H,3-7H2,1-2H3,(H2,13,15,16). The van der Waals surface area contributed by atoms with E-state index in [0.717, 1.165) is 12.5 Å². The zero-order chi connectivity index (χ0) is 15.9. The van der Waals surface area contributed by atoms with Gasteiger partial charge in [-0.3, -0.25) is 0 Å². The summed E-state index contributed by atoms with van der Waals surface area (Å²) in [7, 11) is -2.32. The molecule has 0 radical (unpaired) electrons. The fraction of sp³-hybridized carbons (Fsp3) is 0.583. The SMILES string of the molecule is COCCCOCCOC(=O)c1cc(S(N)(=O)=O)c(C)o1. The highest BCUT2D eigenvalue weighted by Gasteiger charge is 2.21. The lowest BCUT2D eigenvalue weighted by Gasteiger charge is -2.04. The molecule has 0 spiro atoms. The van der Waals surface area contributed by atoms with Gasteiger partial charge < -0.3 is 18.6 Å². The lowest BCUT2D eigenvalue weighted by Crippen LogP contribution is -2.13. The van der Waals surface area contributed by atoms with Crippen molar-refractivity contribution in [2.24, 2.45) is 5.14 Å². The summed E-state index contributed by atoms with van der Waals surface area (Å²) in [5.74, 6) is -0.940. The van der Waals surface area contributed by atoms with Crippen molar-refractivity contribution in [3.63, 3.8) is 0 Å². The van der Waals surface area contributed by atoms with E-state index in [1.807, 2.05) is 0 Å². The van der Waals surface area contributed by atoms with Gasteiger partial charge in [-0.2, -0.15) is 0 Å². The normalized spacial score (nSPS) is 11.6. The third-order valence-electron chi connectivity index (χ3n) is 2.48. The van der Waals surface area contributed by atoms with Crippen LogP contribution in [-0.2, 0) is 24.2 Å². The van der Waals surface area contributed by atoms with E-state index in [9.17, 15) is 13.2 Å². The predicted molar refractivity (Wildman–Crippen MR) is 72.4 cm³/mol. The smallest absolute Gasteiger partial charge is 0.374 e. The Balaban J connectivity index is 2.40. The molecule has 1 aromatic rings.